The average Bonchev–Trinajstić information content (AvgIpc) is 2.48. The smallest absolute Gasteiger partial charge is 0.245 e. The molecular formula is C15H23FN2O2S. The maximum atomic E-state index is 13.8. The summed E-state index contributed by atoms with van der Waals surface area (Å²) in [6, 6.07) is 4.21. The van der Waals surface area contributed by atoms with Crippen LogP contribution in [0.2, 0.25) is 0 Å². The molecule has 1 aromatic carbocycles. The Kier molecular flexibility index (Phi) is 5.35. The zero-order valence-corrected chi connectivity index (χ0v) is 13.4. The lowest BCUT2D eigenvalue weighted by Crippen LogP contribution is -2.41. The van der Waals surface area contributed by atoms with Gasteiger partial charge in [0.1, 0.15) is 10.7 Å². The fourth-order valence-corrected chi connectivity index (χ4v) is 4.27. The number of piperidine rings is 1. The molecule has 1 aliphatic rings. The minimum atomic E-state index is -3.72. The minimum Gasteiger partial charge on any atom is -0.317 e. The lowest BCUT2D eigenvalue weighted by Gasteiger charge is -2.31. The van der Waals surface area contributed by atoms with Crippen LogP contribution >= 0.6 is 0 Å². The SMILES string of the molecule is CCNCC1CCN(S(=O)(=O)c2cc(C)ccc2F)CC1. The molecule has 1 aromatic rings. The summed E-state index contributed by atoms with van der Waals surface area (Å²) in [7, 11) is -3.72. The van der Waals surface area contributed by atoms with Crippen molar-refractivity contribution in [1.29, 1.82) is 0 Å². The molecule has 1 aliphatic heterocycles. The van der Waals surface area contributed by atoms with Crippen LogP contribution in [0.5, 0.6) is 0 Å². The Morgan fingerprint density at radius 3 is 2.62 bits per heavy atom. The van der Waals surface area contributed by atoms with Crippen LogP contribution in [0.25, 0.3) is 0 Å². The van der Waals surface area contributed by atoms with Crippen molar-refractivity contribution in [3.63, 3.8) is 0 Å². The van der Waals surface area contributed by atoms with E-state index in [1.54, 1.807) is 13.0 Å². The molecule has 0 amide bonds. The van der Waals surface area contributed by atoms with Crippen molar-refractivity contribution in [2.24, 2.45) is 5.92 Å². The first-order chi connectivity index (χ1) is 9.95. The predicted molar refractivity (Wildman–Crippen MR) is 81.2 cm³/mol. The van der Waals surface area contributed by atoms with Crippen LogP contribution in [0.4, 0.5) is 4.39 Å². The van der Waals surface area contributed by atoms with Crippen LogP contribution in [0, 0.1) is 18.7 Å². The Balaban J connectivity index is 2.10. The molecule has 21 heavy (non-hydrogen) atoms. The van der Waals surface area contributed by atoms with Crippen molar-refractivity contribution in [2.45, 2.75) is 31.6 Å². The molecule has 2 rings (SSSR count). The highest BCUT2D eigenvalue weighted by Crippen LogP contribution is 2.25. The number of aryl methyl sites for hydroxylation is 1. The van der Waals surface area contributed by atoms with E-state index >= 15 is 0 Å². The minimum absolute atomic E-state index is 0.201. The molecule has 1 N–H and O–H groups in total. The second-order valence-corrected chi connectivity index (χ2v) is 7.50. The summed E-state index contributed by atoms with van der Waals surface area (Å²) >= 11 is 0. The molecule has 0 unspecified atom stereocenters. The Morgan fingerprint density at radius 1 is 1.33 bits per heavy atom. The van der Waals surface area contributed by atoms with Crippen molar-refractivity contribution in [3.8, 4) is 0 Å². The van der Waals surface area contributed by atoms with E-state index in [9.17, 15) is 12.8 Å². The van der Waals surface area contributed by atoms with Crippen molar-refractivity contribution in [2.75, 3.05) is 26.2 Å². The lowest BCUT2D eigenvalue weighted by atomic mass is 9.98. The molecular weight excluding hydrogens is 291 g/mol. The van der Waals surface area contributed by atoms with Gasteiger partial charge >= 0.3 is 0 Å². The molecule has 1 heterocycles. The fourth-order valence-electron chi connectivity index (χ4n) is 2.65. The van der Waals surface area contributed by atoms with Crippen LogP contribution < -0.4 is 5.32 Å². The summed E-state index contributed by atoms with van der Waals surface area (Å²) in [4.78, 5) is -0.201. The topological polar surface area (TPSA) is 49.4 Å². The maximum Gasteiger partial charge on any atom is 0.245 e. The first-order valence-corrected chi connectivity index (χ1v) is 8.86. The van der Waals surface area contributed by atoms with Gasteiger partial charge in [-0.05, 0) is 56.5 Å². The van der Waals surface area contributed by atoms with E-state index in [0.717, 1.165) is 31.5 Å². The third-order valence-corrected chi connectivity index (χ3v) is 5.87. The Hall–Kier alpha value is -0.980. The average molecular weight is 314 g/mol. The normalized spacial score (nSPS) is 18.0. The van der Waals surface area contributed by atoms with Crippen LogP contribution in [-0.4, -0.2) is 38.9 Å². The summed E-state index contributed by atoms with van der Waals surface area (Å²) in [5, 5.41) is 3.29. The summed E-state index contributed by atoms with van der Waals surface area (Å²) in [5.41, 5.74) is 0.747. The van der Waals surface area contributed by atoms with E-state index in [4.69, 9.17) is 0 Å². The standard InChI is InChI=1S/C15H23FN2O2S/c1-3-17-11-13-6-8-18(9-7-13)21(19,20)15-10-12(2)4-5-14(15)16/h4-5,10,13,17H,3,6-9,11H2,1-2H3. The molecule has 1 fully saturated rings. The summed E-state index contributed by atoms with van der Waals surface area (Å²) in [6.07, 6.45) is 1.64. The monoisotopic (exact) mass is 314 g/mol. The van der Waals surface area contributed by atoms with Crippen LogP contribution in [0.3, 0.4) is 0 Å². The second kappa shape index (κ2) is 6.85. The van der Waals surface area contributed by atoms with Crippen LogP contribution in [0.1, 0.15) is 25.3 Å². The van der Waals surface area contributed by atoms with Gasteiger partial charge in [0.15, 0.2) is 0 Å². The molecule has 0 spiro atoms. The number of hydrogen-bond donors (Lipinski definition) is 1. The highest BCUT2D eigenvalue weighted by atomic mass is 32.2. The lowest BCUT2D eigenvalue weighted by molar-refractivity contribution is 0.268. The highest BCUT2D eigenvalue weighted by molar-refractivity contribution is 7.89. The molecule has 118 valence electrons. The summed E-state index contributed by atoms with van der Waals surface area (Å²) in [5.74, 6) is -0.172. The number of nitrogens with one attached hydrogen (secondary N) is 1. The van der Waals surface area contributed by atoms with E-state index in [0.29, 0.717) is 19.0 Å². The maximum absolute atomic E-state index is 13.8. The van der Waals surface area contributed by atoms with Gasteiger partial charge in [0.05, 0.1) is 0 Å². The zero-order valence-electron chi connectivity index (χ0n) is 12.6. The Morgan fingerprint density at radius 2 is 2.00 bits per heavy atom. The number of nitrogens with zero attached hydrogens (tertiary/aromatic N) is 1. The summed E-state index contributed by atoms with van der Waals surface area (Å²) < 4.78 is 40.4. The molecule has 0 saturated carbocycles. The van der Waals surface area contributed by atoms with Gasteiger partial charge in [0.2, 0.25) is 10.0 Å². The molecule has 1 saturated heterocycles. The van der Waals surface area contributed by atoms with E-state index < -0.39 is 15.8 Å². The van der Waals surface area contributed by atoms with E-state index in [1.165, 1.54) is 16.4 Å². The van der Waals surface area contributed by atoms with E-state index in [2.05, 4.69) is 12.2 Å². The molecule has 0 aromatic heterocycles. The van der Waals surface area contributed by atoms with Gasteiger partial charge in [-0.3, -0.25) is 0 Å². The first-order valence-electron chi connectivity index (χ1n) is 7.42. The van der Waals surface area contributed by atoms with Gasteiger partial charge in [0.25, 0.3) is 0 Å². The first kappa shape index (κ1) is 16.4. The quantitative estimate of drug-likeness (QED) is 0.906. The van der Waals surface area contributed by atoms with E-state index in [-0.39, 0.29) is 4.90 Å². The number of halogens is 1. The molecule has 0 bridgehead atoms. The number of sulfonamides is 1. The third-order valence-electron chi connectivity index (χ3n) is 3.96. The molecule has 4 nitrogen and oxygen atoms in total. The number of benzene rings is 1. The van der Waals surface area contributed by atoms with Crippen molar-refractivity contribution >= 4 is 10.0 Å². The number of rotatable bonds is 5. The van der Waals surface area contributed by atoms with Gasteiger partial charge in [0, 0.05) is 13.1 Å². The van der Waals surface area contributed by atoms with Crippen LogP contribution in [-0.2, 0) is 10.0 Å². The molecule has 0 radical (unpaired) electrons. The van der Waals surface area contributed by atoms with Gasteiger partial charge in [-0.25, -0.2) is 12.8 Å². The number of hydrogen-bond acceptors (Lipinski definition) is 3. The van der Waals surface area contributed by atoms with Gasteiger partial charge < -0.3 is 5.32 Å². The van der Waals surface area contributed by atoms with Crippen LogP contribution in [0.15, 0.2) is 23.1 Å². The molecule has 6 heteroatoms. The summed E-state index contributed by atoms with van der Waals surface area (Å²) in [6.45, 7) is 6.59. The third kappa shape index (κ3) is 3.81. The fraction of sp³-hybridized carbons (Fsp3) is 0.600. The van der Waals surface area contributed by atoms with Gasteiger partial charge in [-0.15, -0.1) is 0 Å². The van der Waals surface area contributed by atoms with Gasteiger partial charge in [-0.2, -0.15) is 4.31 Å². The Bertz CT molecular complexity index is 581. The van der Waals surface area contributed by atoms with Crippen molar-refractivity contribution in [1.82, 2.24) is 9.62 Å². The van der Waals surface area contributed by atoms with Crippen molar-refractivity contribution in [3.05, 3.63) is 29.6 Å². The Labute approximate surface area is 126 Å². The van der Waals surface area contributed by atoms with E-state index in [1.807, 2.05) is 0 Å². The van der Waals surface area contributed by atoms with Gasteiger partial charge in [-0.1, -0.05) is 13.0 Å². The van der Waals surface area contributed by atoms with Crippen molar-refractivity contribution < 1.29 is 12.8 Å². The second-order valence-electron chi connectivity index (χ2n) is 5.59. The largest absolute Gasteiger partial charge is 0.317 e. The molecule has 0 atom stereocenters. The zero-order chi connectivity index (χ0) is 15.5. The predicted octanol–water partition coefficient (Wildman–Crippen LogP) is 2.14. The highest BCUT2D eigenvalue weighted by Gasteiger charge is 2.31. The molecule has 0 aliphatic carbocycles.